The summed E-state index contributed by atoms with van der Waals surface area (Å²) in [4.78, 5) is 22.2. The van der Waals surface area contributed by atoms with Crippen molar-refractivity contribution in [2.45, 2.75) is 38.4 Å². The van der Waals surface area contributed by atoms with Crippen LogP contribution >= 0.6 is 0 Å². The number of fused-ring (bicyclic) bond motifs is 1. The minimum Gasteiger partial charge on any atom is -0.340 e. The number of nitrogens with zero attached hydrogens (tertiary/aromatic N) is 4. The molecule has 5 nitrogen and oxygen atoms in total. The van der Waals surface area contributed by atoms with Gasteiger partial charge in [-0.1, -0.05) is 55.3 Å². The Morgan fingerprint density at radius 2 is 1.56 bits per heavy atom. The molecule has 2 aliphatic rings. The van der Waals surface area contributed by atoms with Crippen LogP contribution in [0.3, 0.4) is 0 Å². The Morgan fingerprint density at radius 1 is 0.846 bits per heavy atom. The van der Waals surface area contributed by atoms with E-state index in [0.717, 1.165) is 67.4 Å². The summed E-state index contributed by atoms with van der Waals surface area (Å²) in [5.41, 5.74) is 4.12. The zero-order chi connectivity index (χ0) is 27.0. The maximum atomic E-state index is 13.4. The van der Waals surface area contributed by atoms with Crippen molar-refractivity contribution < 1.29 is 18.0 Å². The number of aromatic nitrogens is 2. The van der Waals surface area contributed by atoms with E-state index in [9.17, 15) is 18.0 Å². The number of alkyl halides is 3. The third-order valence-electron chi connectivity index (χ3n) is 8.05. The maximum Gasteiger partial charge on any atom is 0.416 e. The Bertz CT molecular complexity index is 1470. The largest absolute Gasteiger partial charge is 0.416 e. The van der Waals surface area contributed by atoms with E-state index in [1.54, 1.807) is 6.07 Å². The van der Waals surface area contributed by atoms with Gasteiger partial charge in [-0.3, -0.25) is 9.69 Å². The highest BCUT2D eigenvalue weighted by atomic mass is 19.4. The van der Waals surface area contributed by atoms with Gasteiger partial charge in [-0.15, -0.1) is 0 Å². The minimum absolute atomic E-state index is 0.189. The van der Waals surface area contributed by atoms with Crippen LogP contribution in [0.2, 0.25) is 0 Å². The number of piperazine rings is 1. The summed E-state index contributed by atoms with van der Waals surface area (Å²) in [6.07, 6.45) is 1.80. The molecule has 1 saturated heterocycles. The number of benzene rings is 2. The molecule has 0 radical (unpaired) electrons. The fourth-order valence-electron chi connectivity index (χ4n) is 5.89. The number of carbonyl (C=O) groups is 1. The number of rotatable bonds is 5. The number of hydrogen-bond donors (Lipinski definition) is 0. The SMILES string of the molecule is O=C(C1CCCC1)N1CCN(Cc2c(-c3ccccc3)nc3ccc(-c4cccc(C(F)(F)F)c4)cn23)CC1. The number of imidazole rings is 1. The van der Waals surface area contributed by atoms with E-state index in [0.29, 0.717) is 36.7 Å². The Morgan fingerprint density at radius 3 is 2.28 bits per heavy atom. The molecule has 202 valence electrons. The van der Waals surface area contributed by atoms with Gasteiger partial charge in [-0.25, -0.2) is 4.98 Å². The lowest BCUT2D eigenvalue weighted by Gasteiger charge is -2.36. The molecule has 0 bridgehead atoms. The van der Waals surface area contributed by atoms with E-state index in [-0.39, 0.29) is 5.92 Å². The molecule has 8 heteroatoms. The van der Waals surface area contributed by atoms with Gasteiger partial charge in [-0.05, 0) is 48.2 Å². The zero-order valence-electron chi connectivity index (χ0n) is 21.7. The lowest BCUT2D eigenvalue weighted by Crippen LogP contribution is -2.49. The molecule has 0 spiro atoms. The summed E-state index contributed by atoms with van der Waals surface area (Å²) in [5.74, 6) is 0.493. The predicted molar refractivity (Wildman–Crippen MR) is 145 cm³/mol. The first-order valence-corrected chi connectivity index (χ1v) is 13.6. The molecular weight excluding hydrogens is 501 g/mol. The zero-order valence-corrected chi connectivity index (χ0v) is 21.7. The van der Waals surface area contributed by atoms with Gasteiger partial charge in [0.05, 0.1) is 17.0 Å². The second-order valence-corrected chi connectivity index (χ2v) is 10.6. The number of amides is 1. The van der Waals surface area contributed by atoms with Gasteiger partial charge in [0.15, 0.2) is 0 Å². The summed E-state index contributed by atoms with van der Waals surface area (Å²) >= 11 is 0. The van der Waals surface area contributed by atoms with Crippen LogP contribution in [0.4, 0.5) is 13.2 Å². The van der Waals surface area contributed by atoms with Gasteiger partial charge in [0.2, 0.25) is 5.91 Å². The Kier molecular flexibility index (Phi) is 6.89. The molecule has 6 rings (SSSR count). The van der Waals surface area contributed by atoms with Crippen molar-refractivity contribution in [3.05, 3.63) is 84.2 Å². The Balaban J connectivity index is 1.31. The molecule has 2 fully saturated rings. The summed E-state index contributed by atoms with van der Waals surface area (Å²) < 4.78 is 42.1. The second kappa shape index (κ2) is 10.5. The quantitative estimate of drug-likeness (QED) is 0.294. The van der Waals surface area contributed by atoms with Crippen molar-refractivity contribution in [3.8, 4) is 22.4 Å². The summed E-state index contributed by atoms with van der Waals surface area (Å²) in [6, 6.07) is 19.1. The first kappa shape index (κ1) is 25.6. The van der Waals surface area contributed by atoms with E-state index in [1.165, 1.54) is 12.1 Å². The summed E-state index contributed by atoms with van der Waals surface area (Å²) in [6.45, 7) is 3.59. The van der Waals surface area contributed by atoms with Crippen LogP contribution in [0, 0.1) is 5.92 Å². The van der Waals surface area contributed by atoms with Crippen molar-refractivity contribution in [1.29, 1.82) is 0 Å². The van der Waals surface area contributed by atoms with Gasteiger partial charge < -0.3 is 9.30 Å². The topological polar surface area (TPSA) is 40.9 Å². The average molecular weight is 533 g/mol. The first-order chi connectivity index (χ1) is 18.9. The molecule has 3 heterocycles. The van der Waals surface area contributed by atoms with Crippen LogP contribution in [0.15, 0.2) is 72.9 Å². The number of pyridine rings is 1. The third-order valence-corrected chi connectivity index (χ3v) is 8.05. The molecule has 39 heavy (non-hydrogen) atoms. The second-order valence-electron chi connectivity index (χ2n) is 10.6. The molecule has 4 aromatic rings. The van der Waals surface area contributed by atoms with Gasteiger partial charge in [0.25, 0.3) is 0 Å². The molecule has 1 saturated carbocycles. The van der Waals surface area contributed by atoms with E-state index >= 15 is 0 Å². The smallest absolute Gasteiger partial charge is 0.340 e. The predicted octanol–water partition coefficient (Wildman–Crippen LogP) is 6.52. The fourth-order valence-corrected chi connectivity index (χ4v) is 5.89. The van der Waals surface area contributed by atoms with E-state index in [4.69, 9.17) is 4.98 Å². The summed E-state index contributed by atoms with van der Waals surface area (Å²) in [5, 5.41) is 0. The van der Waals surface area contributed by atoms with Crippen molar-refractivity contribution in [2.75, 3.05) is 26.2 Å². The number of hydrogen-bond acceptors (Lipinski definition) is 3. The molecule has 0 N–H and O–H groups in total. The van der Waals surface area contributed by atoms with Crippen LogP contribution in [-0.2, 0) is 17.5 Å². The highest BCUT2D eigenvalue weighted by Crippen LogP contribution is 2.33. The molecule has 1 aliphatic heterocycles. The standard InChI is InChI=1S/C31H31F3N4O/c32-31(33,34)26-12-6-11-24(19-26)25-13-14-28-35-29(22-7-2-1-3-8-22)27(38(28)20-25)21-36-15-17-37(18-16-36)30(39)23-9-4-5-10-23/h1-3,6-8,11-14,19-20,23H,4-5,9-10,15-18,21H2. The Labute approximate surface area is 225 Å². The minimum atomic E-state index is -4.40. The van der Waals surface area contributed by atoms with Crippen LogP contribution in [0.5, 0.6) is 0 Å². The molecule has 2 aromatic carbocycles. The van der Waals surface area contributed by atoms with E-state index in [1.807, 2.05) is 58.0 Å². The van der Waals surface area contributed by atoms with Crippen molar-refractivity contribution in [2.24, 2.45) is 5.92 Å². The van der Waals surface area contributed by atoms with Crippen LogP contribution in [0.25, 0.3) is 28.0 Å². The molecule has 1 amide bonds. The fraction of sp³-hybridized carbons (Fsp3) is 0.355. The molecule has 1 aliphatic carbocycles. The molecule has 0 atom stereocenters. The first-order valence-electron chi connectivity index (χ1n) is 13.6. The number of carbonyl (C=O) groups excluding carboxylic acids is 1. The van der Waals surface area contributed by atoms with Crippen LogP contribution in [-0.4, -0.2) is 51.3 Å². The normalized spacial score (nSPS) is 17.3. The van der Waals surface area contributed by atoms with Crippen molar-refractivity contribution in [3.63, 3.8) is 0 Å². The highest BCUT2D eigenvalue weighted by molar-refractivity contribution is 5.79. The van der Waals surface area contributed by atoms with Gasteiger partial charge in [0, 0.05) is 50.4 Å². The van der Waals surface area contributed by atoms with E-state index in [2.05, 4.69) is 4.90 Å². The van der Waals surface area contributed by atoms with Crippen molar-refractivity contribution >= 4 is 11.6 Å². The van der Waals surface area contributed by atoms with Gasteiger partial charge >= 0.3 is 6.18 Å². The summed E-state index contributed by atoms with van der Waals surface area (Å²) in [7, 11) is 0. The Hall–Kier alpha value is -3.65. The van der Waals surface area contributed by atoms with Crippen LogP contribution < -0.4 is 0 Å². The molecule has 0 unspecified atom stereocenters. The van der Waals surface area contributed by atoms with Gasteiger partial charge in [0.1, 0.15) is 5.65 Å². The van der Waals surface area contributed by atoms with Gasteiger partial charge in [-0.2, -0.15) is 13.2 Å². The third kappa shape index (κ3) is 5.30. The lowest BCUT2D eigenvalue weighted by molar-refractivity contribution is -0.138. The van der Waals surface area contributed by atoms with Crippen molar-refractivity contribution in [1.82, 2.24) is 19.2 Å². The number of halogens is 3. The molecule has 2 aromatic heterocycles. The maximum absolute atomic E-state index is 13.4. The lowest BCUT2D eigenvalue weighted by atomic mass is 10.0. The van der Waals surface area contributed by atoms with Crippen LogP contribution in [0.1, 0.15) is 36.9 Å². The van der Waals surface area contributed by atoms with E-state index < -0.39 is 11.7 Å². The highest BCUT2D eigenvalue weighted by Gasteiger charge is 2.31. The monoisotopic (exact) mass is 532 g/mol. The average Bonchev–Trinajstić information content (AvgIpc) is 3.62. The molecular formula is C31H31F3N4O.